The van der Waals surface area contributed by atoms with E-state index in [1.165, 1.54) is 16.1 Å². The first kappa shape index (κ1) is 19.8. The minimum Gasteiger partial charge on any atom is -0.497 e. The monoisotopic (exact) mass is 431 g/mol. The number of carbonyl (C=O) groups excluding carboxylic acids is 1. The number of fused-ring (bicyclic) bond motifs is 2. The van der Waals surface area contributed by atoms with Gasteiger partial charge in [-0.25, -0.2) is 13.4 Å². The summed E-state index contributed by atoms with van der Waals surface area (Å²) < 4.78 is 31.0. The molecule has 0 unspecified atom stereocenters. The average Bonchev–Trinajstić information content (AvgIpc) is 3.34. The van der Waals surface area contributed by atoms with Crippen molar-refractivity contribution in [2.45, 2.75) is 18.5 Å². The SMILES string of the molecule is CCS(=O)(=O)N1CCc2cc(C(=O)CSc3nc4ccc(OC)cc4[nH]3)ccc21. The molecule has 152 valence electrons. The lowest BCUT2D eigenvalue weighted by molar-refractivity contribution is 0.102. The largest absolute Gasteiger partial charge is 0.497 e. The maximum atomic E-state index is 12.7. The van der Waals surface area contributed by atoms with Crippen molar-refractivity contribution in [3.63, 3.8) is 0 Å². The van der Waals surface area contributed by atoms with Gasteiger partial charge in [0.25, 0.3) is 0 Å². The predicted molar refractivity (Wildman–Crippen MR) is 115 cm³/mol. The van der Waals surface area contributed by atoms with E-state index in [0.29, 0.717) is 29.4 Å². The second-order valence-electron chi connectivity index (χ2n) is 6.70. The van der Waals surface area contributed by atoms with Crippen molar-refractivity contribution in [3.8, 4) is 5.75 Å². The Labute approximate surface area is 173 Å². The highest BCUT2D eigenvalue weighted by atomic mass is 32.2. The summed E-state index contributed by atoms with van der Waals surface area (Å²) >= 11 is 1.34. The van der Waals surface area contributed by atoms with Gasteiger partial charge in [-0.1, -0.05) is 11.8 Å². The fourth-order valence-corrected chi connectivity index (χ4v) is 5.31. The van der Waals surface area contributed by atoms with Gasteiger partial charge in [-0.05, 0) is 49.2 Å². The van der Waals surface area contributed by atoms with Crippen molar-refractivity contribution in [1.29, 1.82) is 0 Å². The molecule has 0 aliphatic carbocycles. The molecule has 1 aliphatic rings. The molecule has 0 atom stereocenters. The van der Waals surface area contributed by atoms with Crippen LogP contribution in [0.3, 0.4) is 0 Å². The molecule has 29 heavy (non-hydrogen) atoms. The van der Waals surface area contributed by atoms with Gasteiger partial charge in [0.15, 0.2) is 10.9 Å². The van der Waals surface area contributed by atoms with Crippen LogP contribution in [0.1, 0.15) is 22.8 Å². The molecule has 0 bridgehead atoms. The lowest BCUT2D eigenvalue weighted by Gasteiger charge is -2.18. The first-order chi connectivity index (χ1) is 13.9. The number of sulfonamides is 1. The van der Waals surface area contributed by atoms with Gasteiger partial charge >= 0.3 is 0 Å². The van der Waals surface area contributed by atoms with E-state index in [4.69, 9.17) is 4.74 Å². The summed E-state index contributed by atoms with van der Waals surface area (Å²) in [5.74, 6) is 1.03. The Morgan fingerprint density at radius 2 is 2.10 bits per heavy atom. The number of thioether (sulfide) groups is 1. The third kappa shape index (κ3) is 3.84. The topological polar surface area (TPSA) is 92.4 Å². The number of hydrogen-bond donors (Lipinski definition) is 1. The second kappa shape index (κ2) is 7.72. The highest BCUT2D eigenvalue weighted by molar-refractivity contribution is 7.99. The zero-order valence-electron chi connectivity index (χ0n) is 16.1. The van der Waals surface area contributed by atoms with Gasteiger partial charge in [-0.3, -0.25) is 9.10 Å². The molecule has 7 nitrogen and oxygen atoms in total. The van der Waals surface area contributed by atoms with E-state index >= 15 is 0 Å². The highest BCUT2D eigenvalue weighted by Gasteiger charge is 2.28. The van der Waals surface area contributed by atoms with Crippen molar-refractivity contribution in [2.75, 3.05) is 29.5 Å². The van der Waals surface area contributed by atoms with Gasteiger partial charge in [-0.15, -0.1) is 0 Å². The third-order valence-electron chi connectivity index (χ3n) is 4.96. The lowest BCUT2D eigenvalue weighted by Crippen LogP contribution is -2.30. The quantitative estimate of drug-likeness (QED) is 0.456. The first-order valence-electron chi connectivity index (χ1n) is 9.24. The molecule has 9 heteroatoms. The van der Waals surface area contributed by atoms with E-state index in [9.17, 15) is 13.2 Å². The van der Waals surface area contributed by atoms with Gasteiger partial charge in [-0.2, -0.15) is 0 Å². The van der Waals surface area contributed by atoms with E-state index in [-0.39, 0.29) is 17.3 Å². The summed E-state index contributed by atoms with van der Waals surface area (Å²) in [5, 5.41) is 0.669. The summed E-state index contributed by atoms with van der Waals surface area (Å²) in [6.45, 7) is 2.07. The molecule has 2 aromatic carbocycles. The third-order valence-corrected chi connectivity index (χ3v) is 7.62. The number of aromatic amines is 1. The fraction of sp³-hybridized carbons (Fsp3) is 0.300. The summed E-state index contributed by atoms with van der Waals surface area (Å²) in [7, 11) is -1.68. The minimum atomic E-state index is -3.29. The Morgan fingerprint density at radius 1 is 1.28 bits per heavy atom. The highest BCUT2D eigenvalue weighted by Crippen LogP contribution is 2.32. The smallest absolute Gasteiger partial charge is 0.234 e. The standard InChI is InChI=1S/C20H21N3O4S2/c1-3-29(25,26)23-9-8-13-10-14(4-7-18(13)23)19(24)12-28-20-21-16-6-5-15(27-2)11-17(16)22-20/h4-7,10-11H,3,8-9,12H2,1-2H3,(H,21,22). The molecule has 0 saturated heterocycles. The molecule has 4 rings (SSSR count). The van der Waals surface area contributed by atoms with Crippen molar-refractivity contribution in [2.24, 2.45) is 0 Å². The van der Waals surface area contributed by atoms with Crippen LogP contribution in [0, 0.1) is 0 Å². The molecular weight excluding hydrogens is 410 g/mol. The van der Waals surface area contributed by atoms with Crippen LogP contribution in [0.5, 0.6) is 5.75 Å². The Kier molecular flexibility index (Phi) is 5.26. The summed E-state index contributed by atoms with van der Waals surface area (Å²) in [6.07, 6.45) is 0.619. The van der Waals surface area contributed by atoms with E-state index < -0.39 is 10.0 Å². The molecule has 1 aliphatic heterocycles. The first-order valence-corrected chi connectivity index (χ1v) is 11.8. The Hall–Kier alpha value is -2.52. The van der Waals surface area contributed by atoms with Gasteiger partial charge in [0.1, 0.15) is 5.75 Å². The van der Waals surface area contributed by atoms with Gasteiger partial charge < -0.3 is 9.72 Å². The van der Waals surface area contributed by atoms with Crippen LogP contribution >= 0.6 is 11.8 Å². The predicted octanol–water partition coefficient (Wildman–Crippen LogP) is 3.26. The number of anilines is 1. The number of Topliss-reactive ketones (excluding diaryl/α,β-unsaturated/α-hetero) is 1. The molecule has 0 amide bonds. The van der Waals surface area contributed by atoms with Crippen molar-refractivity contribution in [1.82, 2.24) is 9.97 Å². The number of imidazole rings is 1. The summed E-state index contributed by atoms with van der Waals surface area (Å²) in [6, 6.07) is 10.8. The van der Waals surface area contributed by atoms with E-state index in [1.807, 2.05) is 24.3 Å². The number of H-pyrrole nitrogens is 1. The summed E-state index contributed by atoms with van der Waals surface area (Å²) in [4.78, 5) is 20.3. The number of hydrogen-bond acceptors (Lipinski definition) is 6. The van der Waals surface area contributed by atoms with Gasteiger partial charge in [0, 0.05) is 18.2 Å². The molecule has 2 heterocycles. The molecular formula is C20H21N3O4S2. The van der Waals surface area contributed by atoms with Crippen molar-refractivity contribution in [3.05, 3.63) is 47.5 Å². The van der Waals surface area contributed by atoms with Crippen molar-refractivity contribution >= 4 is 44.3 Å². The van der Waals surface area contributed by atoms with Crippen LogP contribution in [0.25, 0.3) is 11.0 Å². The van der Waals surface area contributed by atoms with Crippen LogP contribution in [0.4, 0.5) is 5.69 Å². The van der Waals surface area contributed by atoms with Crippen LogP contribution in [0.15, 0.2) is 41.6 Å². The van der Waals surface area contributed by atoms with Crippen LogP contribution in [0.2, 0.25) is 0 Å². The molecule has 1 N–H and O–H groups in total. The van der Waals surface area contributed by atoms with Crippen molar-refractivity contribution < 1.29 is 17.9 Å². The number of carbonyl (C=O) groups is 1. The average molecular weight is 432 g/mol. The number of nitrogens with one attached hydrogen (secondary N) is 1. The number of methoxy groups -OCH3 is 1. The fourth-order valence-electron chi connectivity index (χ4n) is 3.37. The molecule has 0 spiro atoms. The van der Waals surface area contributed by atoms with E-state index in [2.05, 4.69) is 9.97 Å². The lowest BCUT2D eigenvalue weighted by atomic mass is 10.1. The molecule has 1 aromatic heterocycles. The number of benzene rings is 2. The van der Waals surface area contributed by atoms with Crippen LogP contribution < -0.4 is 9.04 Å². The van der Waals surface area contributed by atoms with Gasteiger partial charge in [0.2, 0.25) is 10.0 Å². The number of aromatic nitrogens is 2. The maximum absolute atomic E-state index is 12.7. The molecule has 0 saturated carbocycles. The number of ketones is 1. The molecule has 3 aromatic rings. The van der Waals surface area contributed by atoms with Crippen LogP contribution in [-0.2, 0) is 16.4 Å². The Morgan fingerprint density at radius 3 is 2.86 bits per heavy atom. The molecule has 0 radical (unpaired) electrons. The Bertz CT molecular complexity index is 1190. The number of ether oxygens (including phenoxy) is 1. The minimum absolute atomic E-state index is 0.0207. The van der Waals surface area contributed by atoms with Crippen LogP contribution in [-0.4, -0.2) is 49.3 Å². The van der Waals surface area contributed by atoms with E-state index in [1.54, 1.807) is 26.2 Å². The zero-order valence-corrected chi connectivity index (χ0v) is 17.8. The second-order valence-corrected chi connectivity index (χ2v) is 9.85. The van der Waals surface area contributed by atoms with E-state index in [0.717, 1.165) is 22.3 Å². The maximum Gasteiger partial charge on any atom is 0.234 e. The Balaban J connectivity index is 1.47. The molecule has 0 fully saturated rings. The number of rotatable bonds is 7. The summed E-state index contributed by atoms with van der Waals surface area (Å²) in [5.41, 5.74) is 3.84. The zero-order chi connectivity index (χ0) is 20.6. The number of nitrogens with zero attached hydrogens (tertiary/aromatic N) is 2. The van der Waals surface area contributed by atoms with Gasteiger partial charge in [0.05, 0.1) is 35.3 Å². The normalized spacial score (nSPS) is 13.7.